The number of furan rings is 1. The number of aryl methyl sites for hydroxylation is 3. The second-order valence-corrected chi connectivity index (χ2v) is 8.40. The number of rotatable bonds is 4. The van der Waals surface area contributed by atoms with E-state index in [9.17, 15) is 0 Å². The van der Waals surface area contributed by atoms with Crippen LogP contribution in [0.1, 0.15) is 71.5 Å². The topological polar surface area (TPSA) is 16.4 Å². The summed E-state index contributed by atoms with van der Waals surface area (Å²) in [5, 5.41) is 0. The second-order valence-electron chi connectivity index (χ2n) is 8.40. The van der Waals surface area contributed by atoms with Crippen LogP contribution in [0.4, 0.5) is 0 Å². The van der Waals surface area contributed by atoms with Crippen LogP contribution in [0, 0.1) is 6.92 Å². The van der Waals surface area contributed by atoms with Gasteiger partial charge in [0.25, 0.3) is 0 Å². The summed E-state index contributed by atoms with van der Waals surface area (Å²) in [4.78, 5) is 2.74. The molecule has 0 spiro atoms. The third-order valence-corrected chi connectivity index (χ3v) is 6.61. The molecule has 2 nitrogen and oxygen atoms in total. The molecule has 0 radical (unpaired) electrons. The van der Waals surface area contributed by atoms with Crippen molar-refractivity contribution in [3.8, 4) is 0 Å². The number of nitrogens with zero attached hydrogens (tertiary/aromatic N) is 1. The van der Waals surface area contributed by atoms with E-state index in [2.05, 4.69) is 65.6 Å². The standard InChI is InChI=1S/C26H29NO/c1-19-16-17-22(28-19)18-27(25-14-6-10-20-8-2-4-12-23(20)25)26-15-7-11-21-9-3-5-13-24(21)26/h2-5,8-9,12-13,16-17,25-26H,6-7,10-11,14-15,18H2,1H3/t25-,26+. The molecule has 1 heterocycles. The minimum absolute atomic E-state index is 0.464. The summed E-state index contributed by atoms with van der Waals surface area (Å²) >= 11 is 0. The molecule has 0 amide bonds. The Bertz CT molecular complexity index is 899. The van der Waals surface area contributed by atoms with Gasteiger partial charge in [-0.1, -0.05) is 48.5 Å². The van der Waals surface area contributed by atoms with Gasteiger partial charge in [-0.3, -0.25) is 4.90 Å². The lowest BCUT2D eigenvalue weighted by Gasteiger charge is -2.43. The van der Waals surface area contributed by atoms with Crippen LogP contribution in [-0.2, 0) is 19.4 Å². The van der Waals surface area contributed by atoms with Crippen LogP contribution in [0.25, 0.3) is 0 Å². The molecule has 0 unspecified atom stereocenters. The molecular formula is C26H29NO. The maximum absolute atomic E-state index is 6.03. The van der Waals surface area contributed by atoms with Gasteiger partial charge in [0, 0.05) is 12.1 Å². The highest BCUT2D eigenvalue weighted by molar-refractivity contribution is 5.35. The largest absolute Gasteiger partial charge is 0.465 e. The summed E-state index contributed by atoms with van der Waals surface area (Å²) in [6.07, 6.45) is 7.42. The average Bonchev–Trinajstić information content (AvgIpc) is 3.16. The van der Waals surface area contributed by atoms with E-state index in [1.54, 1.807) is 0 Å². The first-order chi connectivity index (χ1) is 13.8. The summed E-state index contributed by atoms with van der Waals surface area (Å²) in [6.45, 7) is 2.92. The van der Waals surface area contributed by atoms with Crippen molar-refractivity contribution < 1.29 is 4.42 Å². The Morgan fingerprint density at radius 3 is 1.89 bits per heavy atom. The Labute approximate surface area is 168 Å². The van der Waals surface area contributed by atoms with Crippen molar-refractivity contribution in [3.05, 3.63) is 94.4 Å². The highest BCUT2D eigenvalue weighted by atomic mass is 16.3. The van der Waals surface area contributed by atoms with Crippen molar-refractivity contribution in [2.45, 2.75) is 64.1 Å². The van der Waals surface area contributed by atoms with Gasteiger partial charge in [-0.05, 0) is 79.8 Å². The molecule has 5 rings (SSSR count). The molecule has 0 N–H and O–H groups in total. The van der Waals surface area contributed by atoms with Crippen LogP contribution < -0.4 is 0 Å². The van der Waals surface area contributed by atoms with Crippen molar-refractivity contribution in [2.75, 3.05) is 0 Å². The van der Waals surface area contributed by atoms with Crippen LogP contribution in [0.3, 0.4) is 0 Å². The van der Waals surface area contributed by atoms with Crippen molar-refractivity contribution in [3.63, 3.8) is 0 Å². The zero-order chi connectivity index (χ0) is 18.9. The first kappa shape index (κ1) is 17.8. The van der Waals surface area contributed by atoms with Gasteiger partial charge < -0.3 is 4.42 Å². The van der Waals surface area contributed by atoms with Gasteiger partial charge in [0.15, 0.2) is 0 Å². The van der Waals surface area contributed by atoms with Crippen LogP contribution >= 0.6 is 0 Å². The van der Waals surface area contributed by atoms with Crippen molar-refractivity contribution in [2.24, 2.45) is 0 Å². The number of hydrogen-bond acceptors (Lipinski definition) is 2. The van der Waals surface area contributed by atoms with Gasteiger partial charge in [0.1, 0.15) is 11.5 Å². The van der Waals surface area contributed by atoms with Crippen molar-refractivity contribution in [1.82, 2.24) is 4.90 Å². The predicted octanol–water partition coefficient (Wildman–Crippen LogP) is 6.55. The number of benzene rings is 2. The fraction of sp³-hybridized carbons (Fsp3) is 0.385. The van der Waals surface area contributed by atoms with Crippen molar-refractivity contribution >= 4 is 0 Å². The maximum Gasteiger partial charge on any atom is 0.118 e. The van der Waals surface area contributed by atoms with E-state index in [1.165, 1.54) is 60.8 Å². The average molecular weight is 372 g/mol. The molecule has 0 bridgehead atoms. The van der Waals surface area contributed by atoms with Gasteiger partial charge in [0.2, 0.25) is 0 Å². The fourth-order valence-corrected chi connectivity index (χ4v) is 5.33. The minimum Gasteiger partial charge on any atom is -0.465 e. The van der Waals surface area contributed by atoms with E-state index in [4.69, 9.17) is 4.42 Å². The molecule has 0 saturated heterocycles. The molecule has 28 heavy (non-hydrogen) atoms. The zero-order valence-corrected chi connectivity index (χ0v) is 16.7. The van der Waals surface area contributed by atoms with Gasteiger partial charge in [-0.2, -0.15) is 0 Å². The SMILES string of the molecule is Cc1ccc(CN([C@@H]2CCCc3ccccc32)[C@H]2CCCc3ccccc32)o1. The van der Waals surface area contributed by atoms with Crippen molar-refractivity contribution in [1.29, 1.82) is 0 Å². The molecule has 3 aromatic rings. The van der Waals surface area contributed by atoms with E-state index in [0.717, 1.165) is 18.1 Å². The summed E-state index contributed by atoms with van der Waals surface area (Å²) < 4.78 is 6.03. The third-order valence-electron chi connectivity index (χ3n) is 6.61. The van der Waals surface area contributed by atoms with Gasteiger partial charge >= 0.3 is 0 Å². The first-order valence-corrected chi connectivity index (χ1v) is 10.8. The summed E-state index contributed by atoms with van der Waals surface area (Å²) in [5.74, 6) is 2.09. The van der Waals surface area contributed by atoms with Gasteiger partial charge in [-0.15, -0.1) is 0 Å². The van der Waals surface area contributed by atoms with E-state index >= 15 is 0 Å². The highest BCUT2D eigenvalue weighted by Crippen LogP contribution is 2.44. The highest BCUT2D eigenvalue weighted by Gasteiger charge is 2.34. The lowest BCUT2D eigenvalue weighted by atomic mass is 9.82. The molecule has 0 fully saturated rings. The molecule has 0 saturated carbocycles. The Hall–Kier alpha value is -2.32. The van der Waals surface area contributed by atoms with E-state index in [-0.39, 0.29) is 0 Å². The molecule has 2 atom stereocenters. The maximum atomic E-state index is 6.03. The molecule has 0 aliphatic heterocycles. The third kappa shape index (κ3) is 3.31. The van der Waals surface area contributed by atoms with E-state index in [0.29, 0.717) is 12.1 Å². The summed E-state index contributed by atoms with van der Waals surface area (Å²) in [5.41, 5.74) is 6.12. The molecule has 2 aliphatic rings. The van der Waals surface area contributed by atoms with Crippen LogP contribution in [0.5, 0.6) is 0 Å². The van der Waals surface area contributed by atoms with E-state index in [1.807, 2.05) is 6.92 Å². The number of fused-ring (bicyclic) bond motifs is 2. The summed E-state index contributed by atoms with van der Waals surface area (Å²) in [7, 11) is 0. The quantitative estimate of drug-likeness (QED) is 0.517. The van der Waals surface area contributed by atoms with Crippen LogP contribution in [0.2, 0.25) is 0 Å². The Kier molecular flexibility index (Phi) is 4.82. The predicted molar refractivity (Wildman–Crippen MR) is 113 cm³/mol. The monoisotopic (exact) mass is 371 g/mol. The summed E-state index contributed by atoms with van der Waals surface area (Å²) in [6, 6.07) is 23.3. The van der Waals surface area contributed by atoms with Gasteiger partial charge in [0.05, 0.1) is 6.54 Å². The smallest absolute Gasteiger partial charge is 0.118 e. The Morgan fingerprint density at radius 1 is 0.786 bits per heavy atom. The minimum atomic E-state index is 0.464. The Morgan fingerprint density at radius 2 is 1.36 bits per heavy atom. The molecule has 1 aromatic heterocycles. The molecule has 2 aliphatic carbocycles. The molecular weight excluding hydrogens is 342 g/mol. The normalized spacial score (nSPS) is 21.4. The van der Waals surface area contributed by atoms with Gasteiger partial charge in [-0.25, -0.2) is 0 Å². The molecule has 2 heteroatoms. The fourth-order valence-electron chi connectivity index (χ4n) is 5.33. The van der Waals surface area contributed by atoms with Crippen LogP contribution in [-0.4, -0.2) is 4.90 Å². The molecule has 144 valence electrons. The Balaban J connectivity index is 1.57. The van der Waals surface area contributed by atoms with Crippen LogP contribution in [0.15, 0.2) is 65.1 Å². The zero-order valence-electron chi connectivity index (χ0n) is 16.7. The lowest BCUT2D eigenvalue weighted by Crippen LogP contribution is -2.36. The lowest BCUT2D eigenvalue weighted by molar-refractivity contribution is 0.0887. The second kappa shape index (κ2) is 7.60. The first-order valence-electron chi connectivity index (χ1n) is 10.8. The molecule has 2 aromatic carbocycles. The number of hydrogen-bond donors (Lipinski definition) is 0. The van der Waals surface area contributed by atoms with E-state index < -0.39 is 0 Å².